The Kier molecular flexibility index (Phi) is 4.47. The number of halogens is 3. The largest absolute Gasteiger partial charge is 0.445 e. The highest BCUT2D eigenvalue weighted by Gasteiger charge is 2.36. The lowest BCUT2D eigenvalue weighted by Crippen LogP contribution is -2.22. The van der Waals surface area contributed by atoms with Crippen LogP contribution in [-0.4, -0.2) is 30.3 Å². The first-order valence-corrected chi connectivity index (χ1v) is 8.14. The maximum Gasteiger partial charge on any atom is 0.445 e. The molecule has 0 atom stereocenters. The van der Waals surface area contributed by atoms with Gasteiger partial charge in [-0.2, -0.15) is 13.2 Å². The van der Waals surface area contributed by atoms with Gasteiger partial charge in [-0.25, -0.2) is 8.42 Å². The van der Waals surface area contributed by atoms with Gasteiger partial charge in [0.25, 0.3) is 0 Å². The minimum atomic E-state index is -4.67. The van der Waals surface area contributed by atoms with Crippen LogP contribution in [0.15, 0.2) is 35.2 Å². The number of carbonyl (C=O) groups is 1. The van der Waals surface area contributed by atoms with Crippen molar-refractivity contribution in [3.63, 3.8) is 0 Å². The summed E-state index contributed by atoms with van der Waals surface area (Å²) in [4.78, 5) is 11.6. The molecule has 2 rings (SSSR count). The van der Waals surface area contributed by atoms with E-state index in [1.807, 2.05) is 5.32 Å². The summed E-state index contributed by atoms with van der Waals surface area (Å²) < 4.78 is 60.8. The molecule has 1 amide bonds. The Bertz CT molecular complexity index is 773. The first-order valence-electron chi connectivity index (χ1n) is 5.67. The number of hydrogen-bond donors (Lipinski definition) is 1. The second kappa shape index (κ2) is 6.01. The molecule has 1 aromatic heterocycles. The van der Waals surface area contributed by atoms with Gasteiger partial charge in [-0.15, -0.1) is 10.2 Å². The molecule has 22 heavy (non-hydrogen) atoms. The molecule has 0 saturated heterocycles. The predicted octanol–water partition coefficient (Wildman–Crippen LogP) is 1.97. The topological polar surface area (TPSA) is 89.0 Å². The molecule has 0 spiro atoms. The fraction of sp³-hybridized carbons (Fsp3) is 0.182. The van der Waals surface area contributed by atoms with Gasteiger partial charge in [-0.3, -0.25) is 10.1 Å². The first kappa shape index (κ1) is 16.4. The zero-order valence-corrected chi connectivity index (χ0v) is 12.3. The monoisotopic (exact) mass is 351 g/mol. The number of amides is 1. The highest BCUT2D eigenvalue weighted by atomic mass is 32.2. The number of hydrogen-bond acceptors (Lipinski definition) is 6. The zero-order valence-electron chi connectivity index (χ0n) is 10.7. The molecule has 2 aromatic rings. The smallest absolute Gasteiger partial charge is 0.300 e. The third kappa shape index (κ3) is 4.01. The molecule has 118 valence electrons. The van der Waals surface area contributed by atoms with E-state index in [4.69, 9.17) is 0 Å². The number of anilines is 1. The lowest BCUT2D eigenvalue weighted by molar-refractivity contribution is -0.138. The minimum Gasteiger partial charge on any atom is -0.300 e. The molecule has 1 N–H and O–H groups in total. The molecule has 0 aliphatic carbocycles. The van der Waals surface area contributed by atoms with E-state index in [2.05, 4.69) is 10.2 Å². The molecule has 1 heterocycles. The average Bonchev–Trinajstić information content (AvgIpc) is 2.87. The van der Waals surface area contributed by atoms with E-state index in [1.54, 1.807) is 6.07 Å². The Balaban J connectivity index is 2.06. The zero-order chi connectivity index (χ0) is 16.4. The van der Waals surface area contributed by atoms with E-state index in [-0.39, 0.29) is 16.2 Å². The standard InChI is InChI=1S/C11H8F3N3O3S2/c12-11(13,14)9-16-17-10(21-9)15-8(18)6-22(19,20)7-4-2-1-3-5-7/h1-5H,6H2,(H,15,17,18). The van der Waals surface area contributed by atoms with Crippen LogP contribution in [0.1, 0.15) is 5.01 Å². The molecule has 0 aliphatic rings. The molecule has 0 unspecified atom stereocenters. The lowest BCUT2D eigenvalue weighted by atomic mass is 10.4. The van der Waals surface area contributed by atoms with Gasteiger partial charge in [0.05, 0.1) is 4.90 Å². The van der Waals surface area contributed by atoms with Gasteiger partial charge < -0.3 is 0 Å². The van der Waals surface area contributed by atoms with Crippen molar-refractivity contribution in [3.05, 3.63) is 35.3 Å². The highest BCUT2D eigenvalue weighted by molar-refractivity contribution is 7.92. The fourth-order valence-corrected chi connectivity index (χ4v) is 3.21. The van der Waals surface area contributed by atoms with Crippen molar-refractivity contribution in [2.75, 3.05) is 11.1 Å². The SMILES string of the molecule is O=C(CS(=O)(=O)c1ccccc1)Nc1nnc(C(F)(F)F)s1. The quantitative estimate of drug-likeness (QED) is 0.910. The van der Waals surface area contributed by atoms with Crippen molar-refractivity contribution >= 4 is 32.2 Å². The van der Waals surface area contributed by atoms with Crippen molar-refractivity contribution < 1.29 is 26.4 Å². The van der Waals surface area contributed by atoms with E-state index < -0.39 is 37.8 Å². The number of sulfone groups is 1. The molecule has 0 saturated carbocycles. The van der Waals surface area contributed by atoms with E-state index >= 15 is 0 Å². The van der Waals surface area contributed by atoms with Crippen LogP contribution in [-0.2, 0) is 20.8 Å². The Morgan fingerprint density at radius 1 is 1.18 bits per heavy atom. The van der Waals surface area contributed by atoms with Crippen LogP contribution in [0.25, 0.3) is 0 Å². The number of rotatable bonds is 4. The van der Waals surface area contributed by atoms with Crippen molar-refractivity contribution in [1.82, 2.24) is 10.2 Å². The summed E-state index contributed by atoms with van der Waals surface area (Å²) >= 11 is 0.116. The lowest BCUT2D eigenvalue weighted by Gasteiger charge is -2.03. The van der Waals surface area contributed by atoms with Crippen molar-refractivity contribution in [2.24, 2.45) is 0 Å². The van der Waals surface area contributed by atoms with Crippen LogP contribution >= 0.6 is 11.3 Å². The summed E-state index contributed by atoms with van der Waals surface area (Å²) in [7, 11) is -3.88. The van der Waals surface area contributed by atoms with Crippen molar-refractivity contribution in [2.45, 2.75) is 11.1 Å². The summed E-state index contributed by atoms with van der Waals surface area (Å²) in [5.41, 5.74) is 0. The van der Waals surface area contributed by atoms with Gasteiger partial charge in [-0.05, 0) is 12.1 Å². The number of nitrogens with zero attached hydrogens (tertiary/aromatic N) is 2. The molecular formula is C11H8F3N3O3S2. The minimum absolute atomic E-state index is 0.0570. The van der Waals surface area contributed by atoms with Crippen LogP contribution in [0.3, 0.4) is 0 Å². The summed E-state index contributed by atoms with van der Waals surface area (Å²) in [5.74, 6) is -1.90. The summed E-state index contributed by atoms with van der Waals surface area (Å²) in [6.07, 6.45) is -4.67. The van der Waals surface area contributed by atoms with Gasteiger partial charge in [0.2, 0.25) is 16.0 Å². The van der Waals surface area contributed by atoms with Crippen LogP contribution in [0, 0.1) is 0 Å². The first-order chi connectivity index (χ1) is 10.2. The fourth-order valence-electron chi connectivity index (χ4n) is 1.43. The van der Waals surface area contributed by atoms with Crippen LogP contribution in [0.2, 0.25) is 0 Å². The number of benzene rings is 1. The summed E-state index contributed by atoms with van der Waals surface area (Å²) in [5, 5.41) is 6.36. The van der Waals surface area contributed by atoms with Gasteiger partial charge in [0.1, 0.15) is 5.75 Å². The maximum atomic E-state index is 12.3. The van der Waals surface area contributed by atoms with Crippen LogP contribution in [0.4, 0.5) is 18.3 Å². The maximum absolute atomic E-state index is 12.3. The van der Waals surface area contributed by atoms with Crippen LogP contribution < -0.4 is 5.32 Å². The number of aromatic nitrogens is 2. The molecule has 0 radical (unpaired) electrons. The highest BCUT2D eigenvalue weighted by Crippen LogP contribution is 2.32. The average molecular weight is 351 g/mol. The number of nitrogens with one attached hydrogen (secondary N) is 1. The number of carbonyl (C=O) groups excluding carboxylic acids is 1. The predicted molar refractivity (Wildman–Crippen MR) is 72.0 cm³/mol. The van der Waals surface area contributed by atoms with Crippen LogP contribution in [0.5, 0.6) is 0 Å². The molecule has 0 aliphatic heterocycles. The van der Waals surface area contributed by atoms with Gasteiger partial charge in [0.15, 0.2) is 9.84 Å². The van der Waals surface area contributed by atoms with E-state index in [0.29, 0.717) is 0 Å². The molecule has 6 nitrogen and oxygen atoms in total. The third-order valence-electron chi connectivity index (χ3n) is 2.34. The van der Waals surface area contributed by atoms with Gasteiger partial charge in [-0.1, -0.05) is 29.5 Å². The van der Waals surface area contributed by atoms with E-state index in [9.17, 15) is 26.4 Å². The molecule has 1 aromatic carbocycles. The van der Waals surface area contributed by atoms with E-state index in [1.165, 1.54) is 24.3 Å². The molecule has 11 heteroatoms. The van der Waals surface area contributed by atoms with Crippen molar-refractivity contribution in [3.8, 4) is 0 Å². The summed E-state index contributed by atoms with van der Waals surface area (Å²) in [6.45, 7) is 0. The Labute approximate surface area is 126 Å². The Morgan fingerprint density at radius 3 is 2.36 bits per heavy atom. The number of alkyl halides is 3. The normalized spacial score (nSPS) is 12.1. The third-order valence-corrected chi connectivity index (χ3v) is 4.85. The second-order valence-electron chi connectivity index (χ2n) is 4.03. The van der Waals surface area contributed by atoms with Gasteiger partial charge in [0, 0.05) is 0 Å². The van der Waals surface area contributed by atoms with Gasteiger partial charge >= 0.3 is 6.18 Å². The molecule has 0 fully saturated rings. The summed E-state index contributed by atoms with van der Waals surface area (Å²) in [6, 6.07) is 7.22. The van der Waals surface area contributed by atoms with E-state index in [0.717, 1.165) is 0 Å². The molecular weight excluding hydrogens is 343 g/mol. The Hall–Kier alpha value is -2.01. The second-order valence-corrected chi connectivity index (χ2v) is 7.00. The molecule has 0 bridgehead atoms. The Morgan fingerprint density at radius 2 is 1.82 bits per heavy atom. The van der Waals surface area contributed by atoms with Crippen molar-refractivity contribution in [1.29, 1.82) is 0 Å².